The highest BCUT2D eigenvalue weighted by atomic mass is 35.5. The Morgan fingerprint density at radius 2 is 2.19 bits per heavy atom. The van der Waals surface area contributed by atoms with Crippen LogP contribution >= 0.6 is 11.6 Å². The van der Waals surface area contributed by atoms with Gasteiger partial charge in [0.2, 0.25) is 5.91 Å². The molecule has 116 valence electrons. The molecule has 0 aromatic heterocycles. The SMILES string of the molecule is CCOc1cc(Cl)ccc1NC(=O)CCC1CCNCC1. The lowest BCUT2D eigenvalue weighted by Crippen LogP contribution is -2.28. The van der Waals surface area contributed by atoms with Gasteiger partial charge in [0.1, 0.15) is 5.75 Å². The van der Waals surface area contributed by atoms with Gasteiger partial charge in [-0.25, -0.2) is 0 Å². The highest BCUT2D eigenvalue weighted by Crippen LogP contribution is 2.28. The summed E-state index contributed by atoms with van der Waals surface area (Å²) in [5.41, 5.74) is 0.691. The monoisotopic (exact) mass is 310 g/mol. The van der Waals surface area contributed by atoms with Crippen molar-refractivity contribution in [2.45, 2.75) is 32.6 Å². The highest BCUT2D eigenvalue weighted by Gasteiger charge is 2.15. The van der Waals surface area contributed by atoms with Crippen LogP contribution < -0.4 is 15.4 Å². The molecule has 5 heteroatoms. The highest BCUT2D eigenvalue weighted by molar-refractivity contribution is 6.30. The molecule has 1 amide bonds. The summed E-state index contributed by atoms with van der Waals surface area (Å²) in [6, 6.07) is 5.27. The maximum absolute atomic E-state index is 12.1. The molecule has 0 aliphatic carbocycles. The van der Waals surface area contributed by atoms with E-state index in [0.717, 1.165) is 19.5 Å². The standard InChI is InChI=1S/C16H23ClN2O2/c1-2-21-15-11-13(17)4-5-14(15)19-16(20)6-3-12-7-9-18-10-8-12/h4-5,11-12,18H,2-3,6-10H2,1H3,(H,19,20). The molecular weight excluding hydrogens is 288 g/mol. The maximum atomic E-state index is 12.1. The van der Waals surface area contributed by atoms with E-state index in [2.05, 4.69) is 10.6 Å². The Morgan fingerprint density at radius 1 is 1.43 bits per heavy atom. The van der Waals surface area contributed by atoms with Gasteiger partial charge in [-0.2, -0.15) is 0 Å². The first-order chi connectivity index (χ1) is 10.2. The molecule has 0 atom stereocenters. The third kappa shape index (κ3) is 5.21. The molecule has 2 N–H and O–H groups in total. The first-order valence-corrected chi connectivity index (χ1v) is 7.99. The van der Waals surface area contributed by atoms with Crippen LogP contribution in [0, 0.1) is 5.92 Å². The van der Waals surface area contributed by atoms with Crippen LogP contribution in [-0.2, 0) is 4.79 Å². The molecule has 1 aliphatic heterocycles. The summed E-state index contributed by atoms with van der Waals surface area (Å²) < 4.78 is 5.51. The molecule has 0 saturated carbocycles. The summed E-state index contributed by atoms with van der Waals surface area (Å²) in [7, 11) is 0. The number of nitrogens with one attached hydrogen (secondary N) is 2. The second-order valence-electron chi connectivity index (χ2n) is 5.35. The third-order valence-corrected chi connectivity index (χ3v) is 3.99. The summed E-state index contributed by atoms with van der Waals surface area (Å²) in [6.07, 6.45) is 3.83. The zero-order chi connectivity index (χ0) is 15.1. The van der Waals surface area contributed by atoms with Gasteiger partial charge in [0, 0.05) is 17.5 Å². The Bertz CT molecular complexity index is 473. The van der Waals surface area contributed by atoms with E-state index in [-0.39, 0.29) is 5.91 Å². The topological polar surface area (TPSA) is 50.4 Å². The number of carbonyl (C=O) groups is 1. The second kappa shape index (κ2) is 8.25. The number of halogens is 1. The normalized spacial score (nSPS) is 15.7. The summed E-state index contributed by atoms with van der Waals surface area (Å²) >= 11 is 5.95. The van der Waals surface area contributed by atoms with Crippen molar-refractivity contribution in [2.24, 2.45) is 5.92 Å². The van der Waals surface area contributed by atoms with Gasteiger partial charge in [0.05, 0.1) is 12.3 Å². The van der Waals surface area contributed by atoms with Crippen molar-refractivity contribution < 1.29 is 9.53 Å². The van der Waals surface area contributed by atoms with E-state index in [4.69, 9.17) is 16.3 Å². The molecule has 0 unspecified atom stereocenters. The van der Waals surface area contributed by atoms with Crippen molar-refractivity contribution >= 4 is 23.2 Å². The van der Waals surface area contributed by atoms with E-state index in [0.29, 0.717) is 35.4 Å². The quantitative estimate of drug-likeness (QED) is 0.846. The van der Waals surface area contributed by atoms with E-state index in [9.17, 15) is 4.79 Å². The number of hydrogen-bond acceptors (Lipinski definition) is 3. The molecule has 1 aliphatic rings. The molecule has 0 radical (unpaired) electrons. The number of benzene rings is 1. The fourth-order valence-corrected chi connectivity index (χ4v) is 2.75. The van der Waals surface area contributed by atoms with Crippen molar-refractivity contribution in [3.63, 3.8) is 0 Å². The Labute approximate surface area is 131 Å². The van der Waals surface area contributed by atoms with Crippen LogP contribution in [0.3, 0.4) is 0 Å². The van der Waals surface area contributed by atoms with Crippen molar-refractivity contribution in [3.8, 4) is 5.75 Å². The maximum Gasteiger partial charge on any atom is 0.224 e. The molecule has 2 rings (SSSR count). The van der Waals surface area contributed by atoms with Crippen LogP contribution in [0.15, 0.2) is 18.2 Å². The molecule has 1 heterocycles. The van der Waals surface area contributed by atoms with Gasteiger partial charge in [-0.15, -0.1) is 0 Å². The lowest BCUT2D eigenvalue weighted by Gasteiger charge is -2.22. The van der Waals surface area contributed by atoms with Gasteiger partial charge in [-0.3, -0.25) is 4.79 Å². The number of rotatable bonds is 6. The zero-order valence-corrected chi connectivity index (χ0v) is 13.2. The number of hydrogen-bond donors (Lipinski definition) is 2. The van der Waals surface area contributed by atoms with Crippen molar-refractivity contribution in [2.75, 3.05) is 25.0 Å². The summed E-state index contributed by atoms with van der Waals surface area (Å²) in [5.74, 6) is 1.32. The summed E-state index contributed by atoms with van der Waals surface area (Å²) in [5, 5.41) is 6.87. The van der Waals surface area contributed by atoms with Crippen LogP contribution in [-0.4, -0.2) is 25.6 Å². The van der Waals surface area contributed by atoms with Gasteiger partial charge in [-0.1, -0.05) is 11.6 Å². The number of piperidine rings is 1. The smallest absolute Gasteiger partial charge is 0.224 e. The van der Waals surface area contributed by atoms with E-state index in [1.807, 2.05) is 6.92 Å². The zero-order valence-electron chi connectivity index (χ0n) is 12.5. The molecule has 1 fully saturated rings. The van der Waals surface area contributed by atoms with E-state index >= 15 is 0 Å². The molecule has 0 bridgehead atoms. The minimum atomic E-state index is 0.0387. The van der Waals surface area contributed by atoms with E-state index in [1.165, 1.54) is 12.8 Å². The number of anilines is 1. The summed E-state index contributed by atoms with van der Waals surface area (Å²) in [4.78, 5) is 12.1. The van der Waals surface area contributed by atoms with Crippen molar-refractivity contribution in [1.82, 2.24) is 5.32 Å². The second-order valence-corrected chi connectivity index (χ2v) is 5.79. The Kier molecular flexibility index (Phi) is 6.33. The number of ether oxygens (including phenoxy) is 1. The van der Waals surface area contributed by atoms with Gasteiger partial charge in [0.15, 0.2) is 0 Å². The van der Waals surface area contributed by atoms with Crippen LogP contribution in [0.2, 0.25) is 5.02 Å². The van der Waals surface area contributed by atoms with Gasteiger partial charge in [0.25, 0.3) is 0 Å². The first kappa shape index (κ1) is 16.1. The predicted molar refractivity (Wildman–Crippen MR) is 86.1 cm³/mol. The number of carbonyl (C=O) groups excluding carboxylic acids is 1. The average Bonchev–Trinajstić information content (AvgIpc) is 2.49. The van der Waals surface area contributed by atoms with Crippen LogP contribution in [0.4, 0.5) is 5.69 Å². The van der Waals surface area contributed by atoms with Crippen LogP contribution in [0.1, 0.15) is 32.6 Å². The Morgan fingerprint density at radius 3 is 2.90 bits per heavy atom. The molecule has 1 saturated heterocycles. The first-order valence-electron chi connectivity index (χ1n) is 7.62. The fourth-order valence-electron chi connectivity index (χ4n) is 2.59. The fraction of sp³-hybridized carbons (Fsp3) is 0.562. The minimum Gasteiger partial charge on any atom is -0.492 e. The van der Waals surface area contributed by atoms with Crippen LogP contribution in [0.5, 0.6) is 5.75 Å². The molecule has 0 spiro atoms. The predicted octanol–water partition coefficient (Wildman–Crippen LogP) is 3.46. The molecule has 1 aromatic rings. The van der Waals surface area contributed by atoms with Crippen molar-refractivity contribution in [3.05, 3.63) is 23.2 Å². The minimum absolute atomic E-state index is 0.0387. The largest absolute Gasteiger partial charge is 0.492 e. The number of amides is 1. The van der Waals surface area contributed by atoms with Gasteiger partial charge < -0.3 is 15.4 Å². The Balaban J connectivity index is 1.86. The summed E-state index contributed by atoms with van der Waals surface area (Å²) in [6.45, 7) is 4.58. The van der Waals surface area contributed by atoms with Crippen molar-refractivity contribution in [1.29, 1.82) is 0 Å². The molecular formula is C16H23ClN2O2. The average molecular weight is 311 g/mol. The molecule has 1 aromatic carbocycles. The van der Waals surface area contributed by atoms with Gasteiger partial charge in [-0.05, 0) is 57.3 Å². The lowest BCUT2D eigenvalue weighted by atomic mass is 9.93. The third-order valence-electron chi connectivity index (χ3n) is 3.76. The lowest BCUT2D eigenvalue weighted by molar-refractivity contribution is -0.116. The Hall–Kier alpha value is -1.26. The van der Waals surface area contributed by atoms with Gasteiger partial charge >= 0.3 is 0 Å². The van der Waals surface area contributed by atoms with Crippen LogP contribution in [0.25, 0.3) is 0 Å². The van der Waals surface area contributed by atoms with E-state index in [1.54, 1.807) is 18.2 Å². The molecule has 21 heavy (non-hydrogen) atoms. The van der Waals surface area contributed by atoms with E-state index < -0.39 is 0 Å². The molecule has 4 nitrogen and oxygen atoms in total.